The van der Waals surface area contributed by atoms with Crippen LogP contribution in [0.4, 0.5) is 0 Å². The quantitative estimate of drug-likeness (QED) is 0.705. The molecule has 1 aromatic carbocycles. The maximum absolute atomic E-state index is 8.03. The van der Waals surface area contributed by atoms with Crippen LogP contribution in [-0.2, 0) is 0 Å². The first kappa shape index (κ1) is 16.1. The lowest BCUT2D eigenvalue weighted by atomic mass is 10.1. The summed E-state index contributed by atoms with van der Waals surface area (Å²) in [6, 6.07) is 10.3. The fraction of sp³-hybridized carbons (Fsp3) is 0.529. The molecule has 1 N–H and O–H groups in total. The van der Waals surface area contributed by atoms with E-state index >= 15 is 0 Å². The van der Waals surface area contributed by atoms with Crippen molar-refractivity contribution in [3.8, 4) is 0 Å². The smallest absolute Gasteiger partial charge is 0.177 e. The standard InChI is InChI=1S/C17H25N3S/c1-2-3-4-5-6-10-13-20-17(18)21-14-16(19-20)15-11-8-7-9-12-15/h7-9,11-12,18H,2-6,10,13-14H2,1H3. The van der Waals surface area contributed by atoms with Gasteiger partial charge in [0.15, 0.2) is 5.17 Å². The molecule has 2 rings (SSSR count). The minimum absolute atomic E-state index is 0.586. The van der Waals surface area contributed by atoms with Gasteiger partial charge in [0.1, 0.15) is 0 Å². The lowest BCUT2D eigenvalue weighted by Crippen LogP contribution is -2.31. The molecule has 1 aliphatic heterocycles. The molecule has 0 radical (unpaired) electrons. The van der Waals surface area contributed by atoms with Gasteiger partial charge in [-0.1, -0.05) is 81.1 Å². The van der Waals surface area contributed by atoms with Crippen LogP contribution in [0.2, 0.25) is 0 Å². The van der Waals surface area contributed by atoms with Crippen LogP contribution >= 0.6 is 11.8 Å². The molecular weight excluding hydrogens is 278 g/mol. The van der Waals surface area contributed by atoms with E-state index in [0.717, 1.165) is 24.4 Å². The van der Waals surface area contributed by atoms with Gasteiger partial charge in [-0.25, -0.2) is 5.01 Å². The molecule has 1 heterocycles. The topological polar surface area (TPSA) is 39.5 Å². The molecule has 3 nitrogen and oxygen atoms in total. The summed E-state index contributed by atoms with van der Waals surface area (Å²) >= 11 is 1.58. The molecule has 1 aromatic rings. The van der Waals surface area contributed by atoms with Gasteiger partial charge in [-0.3, -0.25) is 5.41 Å². The Hall–Kier alpha value is -1.29. The van der Waals surface area contributed by atoms with Gasteiger partial charge in [0.05, 0.1) is 5.71 Å². The number of hydrogen-bond acceptors (Lipinski definition) is 3. The van der Waals surface area contributed by atoms with Gasteiger partial charge in [0.25, 0.3) is 0 Å². The summed E-state index contributed by atoms with van der Waals surface area (Å²) in [4.78, 5) is 0. The number of rotatable bonds is 8. The van der Waals surface area contributed by atoms with Gasteiger partial charge in [0.2, 0.25) is 0 Å². The van der Waals surface area contributed by atoms with Gasteiger partial charge >= 0.3 is 0 Å². The molecule has 0 aromatic heterocycles. The first-order valence-electron chi connectivity index (χ1n) is 7.93. The Morgan fingerprint density at radius 2 is 1.81 bits per heavy atom. The van der Waals surface area contributed by atoms with Crippen molar-refractivity contribution in [2.45, 2.75) is 45.4 Å². The molecule has 0 saturated carbocycles. The molecule has 4 heteroatoms. The number of benzene rings is 1. The van der Waals surface area contributed by atoms with E-state index in [1.54, 1.807) is 11.8 Å². The normalized spacial score (nSPS) is 15.2. The van der Waals surface area contributed by atoms with Gasteiger partial charge < -0.3 is 0 Å². The Bertz CT molecular complexity index is 470. The zero-order chi connectivity index (χ0) is 14.9. The minimum atomic E-state index is 0.586. The third-order valence-corrected chi connectivity index (χ3v) is 4.55. The van der Waals surface area contributed by atoms with E-state index in [2.05, 4.69) is 24.2 Å². The van der Waals surface area contributed by atoms with Crippen LogP contribution in [0.25, 0.3) is 0 Å². The molecule has 0 bridgehead atoms. The molecule has 0 amide bonds. The van der Waals surface area contributed by atoms with Crippen molar-refractivity contribution in [3.63, 3.8) is 0 Å². The Balaban J connectivity index is 1.84. The summed E-state index contributed by atoms with van der Waals surface area (Å²) < 4.78 is 0. The van der Waals surface area contributed by atoms with E-state index in [9.17, 15) is 0 Å². The summed E-state index contributed by atoms with van der Waals surface area (Å²) in [7, 11) is 0. The van der Waals surface area contributed by atoms with Crippen molar-refractivity contribution >= 4 is 22.6 Å². The molecule has 0 unspecified atom stereocenters. The predicted molar refractivity (Wildman–Crippen MR) is 93.2 cm³/mol. The fourth-order valence-corrected chi connectivity index (χ4v) is 3.18. The van der Waals surface area contributed by atoms with Crippen LogP contribution < -0.4 is 0 Å². The molecule has 114 valence electrons. The molecule has 0 aliphatic carbocycles. The summed E-state index contributed by atoms with van der Waals surface area (Å²) in [5.41, 5.74) is 2.26. The zero-order valence-corrected chi connectivity index (χ0v) is 13.7. The highest BCUT2D eigenvalue weighted by Gasteiger charge is 2.18. The first-order chi connectivity index (χ1) is 10.3. The monoisotopic (exact) mass is 303 g/mol. The Morgan fingerprint density at radius 1 is 1.10 bits per heavy atom. The summed E-state index contributed by atoms with van der Waals surface area (Å²) in [5.74, 6) is 0.801. The Morgan fingerprint density at radius 3 is 2.57 bits per heavy atom. The molecular formula is C17H25N3S. The lowest BCUT2D eigenvalue weighted by molar-refractivity contribution is 0.424. The number of nitrogens with one attached hydrogen (secondary N) is 1. The van der Waals surface area contributed by atoms with Crippen LogP contribution in [0.15, 0.2) is 35.4 Å². The average molecular weight is 303 g/mol. The van der Waals surface area contributed by atoms with Crippen LogP contribution in [0, 0.1) is 5.41 Å². The van der Waals surface area contributed by atoms with Crippen molar-refractivity contribution in [1.82, 2.24) is 5.01 Å². The Labute approximate surface area is 132 Å². The molecule has 0 atom stereocenters. The highest BCUT2D eigenvalue weighted by atomic mass is 32.2. The number of unbranched alkanes of at least 4 members (excludes halogenated alkanes) is 5. The highest BCUT2D eigenvalue weighted by molar-refractivity contribution is 8.14. The lowest BCUT2D eigenvalue weighted by Gasteiger charge is -2.25. The van der Waals surface area contributed by atoms with Crippen LogP contribution in [-0.4, -0.2) is 28.2 Å². The zero-order valence-electron chi connectivity index (χ0n) is 12.8. The van der Waals surface area contributed by atoms with Crippen LogP contribution in [0.3, 0.4) is 0 Å². The van der Waals surface area contributed by atoms with E-state index in [-0.39, 0.29) is 0 Å². The molecule has 0 saturated heterocycles. The van der Waals surface area contributed by atoms with E-state index in [1.165, 1.54) is 37.7 Å². The van der Waals surface area contributed by atoms with Crippen LogP contribution in [0.5, 0.6) is 0 Å². The third-order valence-electron chi connectivity index (χ3n) is 3.65. The predicted octanol–water partition coefficient (Wildman–Crippen LogP) is 4.73. The average Bonchev–Trinajstić information content (AvgIpc) is 2.53. The first-order valence-corrected chi connectivity index (χ1v) is 8.91. The van der Waals surface area contributed by atoms with Crippen LogP contribution in [0.1, 0.15) is 51.0 Å². The van der Waals surface area contributed by atoms with E-state index in [1.807, 2.05) is 23.2 Å². The van der Waals surface area contributed by atoms with Crippen molar-refractivity contribution in [2.75, 3.05) is 12.3 Å². The third kappa shape index (κ3) is 5.20. The molecule has 0 fully saturated rings. The fourth-order valence-electron chi connectivity index (χ4n) is 2.40. The molecule has 0 spiro atoms. The second-order valence-corrected chi connectivity index (χ2v) is 6.36. The maximum Gasteiger partial charge on any atom is 0.177 e. The maximum atomic E-state index is 8.03. The number of amidine groups is 1. The van der Waals surface area contributed by atoms with Gasteiger partial charge in [-0.15, -0.1) is 0 Å². The van der Waals surface area contributed by atoms with Crippen molar-refractivity contribution in [1.29, 1.82) is 5.41 Å². The van der Waals surface area contributed by atoms with E-state index in [0.29, 0.717) is 5.17 Å². The summed E-state index contributed by atoms with van der Waals surface area (Å²) in [6.45, 7) is 3.11. The second-order valence-electron chi connectivity index (χ2n) is 5.40. The number of hydrogen-bond donors (Lipinski definition) is 1. The van der Waals surface area contributed by atoms with Gasteiger partial charge in [-0.2, -0.15) is 5.10 Å². The SMILES string of the molecule is CCCCCCCCN1N=C(c2ccccc2)CSC1=N. The van der Waals surface area contributed by atoms with Crippen molar-refractivity contribution < 1.29 is 0 Å². The van der Waals surface area contributed by atoms with Crippen molar-refractivity contribution in [3.05, 3.63) is 35.9 Å². The largest absolute Gasteiger partial charge is 0.277 e. The Kier molecular flexibility index (Phi) is 6.80. The van der Waals surface area contributed by atoms with E-state index in [4.69, 9.17) is 5.41 Å². The number of hydrazone groups is 1. The van der Waals surface area contributed by atoms with E-state index < -0.39 is 0 Å². The van der Waals surface area contributed by atoms with Gasteiger partial charge in [0, 0.05) is 12.3 Å². The minimum Gasteiger partial charge on any atom is -0.277 e. The van der Waals surface area contributed by atoms with Gasteiger partial charge in [-0.05, 0) is 12.0 Å². The van der Waals surface area contributed by atoms with Crippen molar-refractivity contribution in [2.24, 2.45) is 5.10 Å². The summed E-state index contributed by atoms with van der Waals surface area (Å²) in [6.07, 6.45) is 7.63. The molecule has 1 aliphatic rings. The second kappa shape index (κ2) is 8.88. The highest BCUT2D eigenvalue weighted by Crippen LogP contribution is 2.19. The number of thioether (sulfide) groups is 1. The molecule has 21 heavy (non-hydrogen) atoms. The number of nitrogens with zero attached hydrogens (tertiary/aromatic N) is 2. The summed E-state index contributed by atoms with van der Waals surface area (Å²) in [5, 5.41) is 15.2.